The van der Waals surface area contributed by atoms with Crippen molar-refractivity contribution >= 4 is 5.91 Å². The van der Waals surface area contributed by atoms with Crippen LogP contribution in [-0.4, -0.2) is 39.1 Å². The lowest BCUT2D eigenvalue weighted by molar-refractivity contribution is 0.0773. The molecule has 0 saturated heterocycles. The predicted molar refractivity (Wildman–Crippen MR) is 41.5 cm³/mol. The van der Waals surface area contributed by atoms with Crippen LogP contribution in [0.5, 0.6) is 0 Å². The van der Waals surface area contributed by atoms with Crippen molar-refractivity contribution in [3.05, 3.63) is 12.2 Å². The molecule has 0 radical (unpaired) electrons. The summed E-state index contributed by atoms with van der Waals surface area (Å²) in [5.41, 5.74) is 0. The lowest BCUT2D eigenvalue weighted by Crippen LogP contribution is -2.29. The van der Waals surface area contributed by atoms with Gasteiger partial charge >= 0.3 is 0 Å². The maximum Gasteiger partial charge on any atom is 0.291 e. The second-order valence-corrected chi connectivity index (χ2v) is 2.98. The zero-order chi connectivity index (χ0) is 8.55. The van der Waals surface area contributed by atoms with Gasteiger partial charge in [0.2, 0.25) is 5.82 Å². The number of rotatable bonds is 2. The first-order valence-electron chi connectivity index (χ1n) is 3.91. The van der Waals surface area contributed by atoms with E-state index in [1.54, 1.807) is 11.9 Å². The molecular weight excluding hydrogens is 156 g/mol. The van der Waals surface area contributed by atoms with Gasteiger partial charge in [-0.3, -0.25) is 9.89 Å². The van der Waals surface area contributed by atoms with Crippen LogP contribution in [0.25, 0.3) is 0 Å². The number of carbonyl (C=O) groups excluding carboxylic acids is 1. The molecule has 1 fully saturated rings. The highest BCUT2D eigenvalue weighted by Crippen LogP contribution is 2.25. The minimum Gasteiger partial charge on any atom is -0.336 e. The Hall–Kier alpha value is -1.39. The topological polar surface area (TPSA) is 61.9 Å². The fourth-order valence-corrected chi connectivity index (χ4v) is 1.10. The molecule has 2 rings (SSSR count). The van der Waals surface area contributed by atoms with Gasteiger partial charge in [-0.2, -0.15) is 5.10 Å². The van der Waals surface area contributed by atoms with Crippen molar-refractivity contribution in [1.82, 2.24) is 20.1 Å². The van der Waals surface area contributed by atoms with E-state index < -0.39 is 0 Å². The fourth-order valence-electron chi connectivity index (χ4n) is 1.10. The van der Waals surface area contributed by atoms with Gasteiger partial charge in [-0.1, -0.05) is 0 Å². The number of aromatic amines is 1. The molecule has 0 aliphatic heterocycles. The number of amides is 1. The lowest BCUT2D eigenvalue weighted by Gasteiger charge is -2.13. The van der Waals surface area contributed by atoms with Crippen molar-refractivity contribution in [1.29, 1.82) is 0 Å². The number of carbonyl (C=O) groups is 1. The van der Waals surface area contributed by atoms with E-state index >= 15 is 0 Å². The quantitative estimate of drug-likeness (QED) is 0.674. The van der Waals surface area contributed by atoms with Crippen molar-refractivity contribution in [3.63, 3.8) is 0 Å². The molecule has 0 unspecified atom stereocenters. The number of nitrogens with one attached hydrogen (secondary N) is 1. The lowest BCUT2D eigenvalue weighted by atomic mass is 10.4. The van der Waals surface area contributed by atoms with Crippen LogP contribution < -0.4 is 0 Å². The highest BCUT2D eigenvalue weighted by Gasteiger charge is 2.30. The zero-order valence-electron chi connectivity index (χ0n) is 6.82. The molecule has 0 spiro atoms. The van der Waals surface area contributed by atoms with Gasteiger partial charge < -0.3 is 4.90 Å². The van der Waals surface area contributed by atoms with E-state index in [4.69, 9.17) is 0 Å². The molecule has 1 amide bonds. The van der Waals surface area contributed by atoms with Crippen LogP contribution in [-0.2, 0) is 0 Å². The van der Waals surface area contributed by atoms with Gasteiger partial charge in [0.05, 0.1) is 0 Å². The van der Waals surface area contributed by atoms with E-state index in [1.807, 2.05) is 0 Å². The standard InChI is InChI=1S/C7H10N4O/c1-11(5-2-3-5)7(12)6-8-4-9-10-6/h4-5H,2-3H2,1H3,(H,8,9,10). The van der Waals surface area contributed by atoms with Gasteiger partial charge in [-0.05, 0) is 12.8 Å². The molecule has 1 heterocycles. The van der Waals surface area contributed by atoms with Crippen LogP contribution in [0.1, 0.15) is 23.5 Å². The minimum absolute atomic E-state index is 0.0741. The maximum atomic E-state index is 11.5. The predicted octanol–water partition coefficient (Wildman–Crippen LogP) is 0.0391. The van der Waals surface area contributed by atoms with E-state index in [-0.39, 0.29) is 5.91 Å². The van der Waals surface area contributed by atoms with Crippen molar-refractivity contribution in [3.8, 4) is 0 Å². The Morgan fingerprint density at radius 2 is 2.50 bits per heavy atom. The molecule has 0 atom stereocenters. The monoisotopic (exact) mass is 166 g/mol. The Morgan fingerprint density at radius 3 is 3.00 bits per heavy atom. The number of hydrogen-bond donors (Lipinski definition) is 1. The molecule has 0 aromatic carbocycles. The third-order valence-corrected chi connectivity index (χ3v) is 2.03. The molecule has 1 aromatic heterocycles. The Bertz CT molecular complexity index is 278. The third kappa shape index (κ3) is 1.17. The number of H-pyrrole nitrogens is 1. The fraction of sp³-hybridized carbons (Fsp3) is 0.571. The molecule has 1 aromatic rings. The van der Waals surface area contributed by atoms with Gasteiger partial charge in [0.15, 0.2) is 0 Å². The van der Waals surface area contributed by atoms with E-state index in [1.165, 1.54) is 6.33 Å². The summed E-state index contributed by atoms with van der Waals surface area (Å²) in [6.07, 6.45) is 3.56. The Balaban J connectivity index is 2.09. The van der Waals surface area contributed by atoms with E-state index in [0.717, 1.165) is 12.8 Å². The van der Waals surface area contributed by atoms with Crippen LogP contribution >= 0.6 is 0 Å². The maximum absolute atomic E-state index is 11.5. The molecule has 5 nitrogen and oxygen atoms in total. The summed E-state index contributed by atoms with van der Waals surface area (Å²) in [5, 5.41) is 6.17. The molecule has 12 heavy (non-hydrogen) atoms. The van der Waals surface area contributed by atoms with Crippen LogP contribution in [0.4, 0.5) is 0 Å². The molecule has 1 saturated carbocycles. The van der Waals surface area contributed by atoms with Gasteiger partial charge in [0, 0.05) is 13.1 Å². The summed E-state index contributed by atoms with van der Waals surface area (Å²) in [6, 6.07) is 0.419. The third-order valence-electron chi connectivity index (χ3n) is 2.03. The number of nitrogens with zero attached hydrogens (tertiary/aromatic N) is 3. The number of aromatic nitrogens is 3. The van der Waals surface area contributed by atoms with Crippen LogP contribution in [0, 0.1) is 0 Å². The summed E-state index contributed by atoms with van der Waals surface area (Å²) in [6.45, 7) is 0. The average Bonchev–Trinajstić information content (AvgIpc) is 2.79. The van der Waals surface area contributed by atoms with Crippen LogP contribution in [0.15, 0.2) is 6.33 Å². The summed E-state index contributed by atoms with van der Waals surface area (Å²) in [5.74, 6) is 0.249. The molecule has 1 N–H and O–H groups in total. The molecular formula is C7H10N4O. The van der Waals surface area contributed by atoms with Gasteiger partial charge in [0.25, 0.3) is 5.91 Å². The minimum atomic E-state index is -0.0741. The Kier molecular flexibility index (Phi) is 1.56. The van der Waals surface area contributed by atoms with Gasteiger partial charge in [-0.25, -0.2) is 4.98 Å². The second kappa shape index (κ2) is 2.58. The van der Waals surface area contributed by atoms with Crippen molar-refractivity contribution in [2.75, 3.05) is 7.05 Å². The number of hydrogen-bond acceptors (Lipinski definition) is 3. The molecule has 1 aliphatic rings. The normalized spacial score (nSPS) is 16.1. The first-order valence-corrected chi connectivity index (χ1v) is 3.91. The van der Waals surface area contributed by atoms with E-state index in [0.29, 0.717) is 11.9 Å². The largest absolute Gasteiger partial charge is 0.336 e. The summed E-state index contributed by atoms with van der Waals surface area (Å²) in [4.78, 5) is 17.0. The molecule has 1 aliphatic carbocycles. The molecule has 64 valence electrons. The van der Waals surface area contributed by atoms with E-state index in [2.05, 4.69) is 15.2 Å². The average molecular weight is 166 g/mol. The van der Waals surface area contributed by atoms with E-state index in [9.17, 15) is 4.79 Å². The van der Waals surface area contributed by atoms with Crippen LogP contribution in [0.2, 0.25) is 0 Å². The van der Waals surface area contributed by atoms with Crippen molar-refractivity contribution in [2.24, 2.45) is 0 Å². The first-order chi connectivity index (χ1) is 5.79. The second-order valence-electron chi connectivity index (χ2n) is 2.98. The highest BCUT2D eigenvalue weighted by molar-refractivity contribution is 5.90. The summed E-state index contributed by atoms with van der Waals surface area (Å²) in [7, 11) is 1.79. The Labute approximate surface area is 69.8 Å². The van der Waals surface area contributed by atoms with Crippen molar-refractivity contribution < 1.29 is 4.79 Å². The van der Waals surface area contributed by atoms with Crippen LogP contribution in [0.3, 0.4) is 0 Å². The summed E-state index contributed by atoms with van der Waals surface area (Å²) >= 11 is 0. The zero-order valence-corrected chi connectivity index (χ0v) is 6.82. The van der Waals surface area contributed by atoms with Gasteiger partial charge in [0.1, 0.15) is 6.33 Å². The van der Waals surface area contributed by atoms with Gasteiger partial charge in [-0.15, -0.1) is 0 Å². The first kappa shape index (κ1) is 7.27. The molecule has 0 bridgehead atoms. The Morgan fingerprint density at radius 1 is 1.75 bits per heavy atom. The van der Waals surface area contributed by atoms with Crippen molar-refractivity contribution in [2.45, 2.75) is 18.9 Å². The highest BCUT2D eigenvalue weighted by atomic mass is 16.2. The summed E-state index contributed by atoms with van der Waals surface area (Å²) < 4.78 is 0. The molecule has 5 heteroatoms. The SMILES string of the molecule is CN(C(=O)c1ncn[nH]1)C1CC1. The smallest absolute Gasteiger partial charge is 0.291 e.